The Labute approximate surface area is 189 Å². The van der Waals surface area contributed by atoms with Crippen molar-refractivity contribution in [2.75, 3.05) is 7.11 Å². The molecule has 1 saturated carbocycles. The molecule has 1 aliphatic rings. The highest BCUT2D eigenvalue weighted by atomic mass is 35.5. The number of rotatable bonds is 5. The van der Waals surface area contributed by atoms with Crippen LogP contribution in [0.3, 0.4) is 0 Å². The first-order valence-corrected chi connectivity index (χ1v) is 10.7. The molecule has 4 aromatic rings. The number of nitrogens with one attached hydrogen (secondary N) is 1. The van der Waals surface area contributed by atoms with Gasteiger partial charge in [-0.05, 0) is 65.3 Å². The minimum Gasteiger partial charge on any atom is -0.497 e. The quantitative estimate of drug-likeness (QED) is 0.353. The monoisotopic (exact) mass is 443 g/mol. The van der Waals surface area contributed by atoms with Crippen LogP contribution in [-0.2, 0) is 0 Å². The van der Waals surface area contributed by atoms with Crippen molar-refractivity contribution in [3.63, 3.8) is 0 Å². The zero-order chi connectivity index (χ0) is 22.2. The van der Waals surface area contributed by atoms with E-state index in [2.05, 4.69) is 16.3 Å². The number of hydrogen-bond donors (Lipinski definition) is 1. The smallest absolute Gasteiger partial charge is 0.218 e. The van der Waals surface area contributed by atoms with Crippen LogP contribution in [0.15, 0.2) is 60.7 Å². The van der Waals surface area contributed by atoms with Gasteiger partial charge in [-0.15, -0.1) is 0 Å². The van der Waals surface area contributed by atoms with Crippen LogP contribution in [0.5, 0.6) is 5.75 Å². The van der Waals surface area contributed by atoms with Crippen molar-refractivity contribution in [3.05, 3.63) is 93.9 Å². The lowest BCUT2D eigenvalue weighted by molar-refractivity contribution is 0.415. The van der Waals surface area contributed by atoms with Gasteiger partial charge < -0.3 is 4.74 Å². The molecule has 0 amide bonds. The van der Waals surface area contributed by atoms with Gasteiger partial charge in [-0.1, -0.05) is 48.0 Å². The molecule has 6 heteroatoms. The number of nitrogens with zero attached hydrogens (tertiary/aromatic N) is 2. The maximum Gasteiger partial charge on any atom is 0.218 e. The SMILES string of the molecule is COc1ccc(/C(=C(\c2ccccc2)c2ccc3n[nH]c(F)c3c2C#N)C2CC2)c(Cl)c1. The number of aromatic nitrogens is 2. The third kappa shape index (κ3) is 3.43. The number of allylic oxidation sites excluding steroid dienone is 1. The van der Waals surface area contributed by atoms with Gasteiger partial charge in [0.2, 0.25) is 5.95 Å². The molecule has 3 aromatic carbocycles. The van der Waals surface area contributed by atoms with Gasteiger partial charge in [0.25, 0.3) is 0 Å². The Morgan fingerprint density at radius 1 is 1.12 bits per heavy atom. The van der Waals surface area contributed by atoms with Gasteiger partial charge in [-0.25, -0.2) is 0 Å². The van der Waals surface area contributed by atoms with Crippen molar-refractivity contribution in [2.45, 2.75) is 12.8 Å². The van der Waals surface area contributed by atoms with E-state index in [-0.39, 0.29) is 10.9 Å². The second-order valence-corrected chi connectivity index (χ2v) is 8.21. The molecule has 0 saturated heterocycles. The molecule has 0 radical (unpaired) electrons. The van der Waals surface area contributed by atoms with Crippen LogP contribution in [0.4, 0.5) is 4.39 Å². The van der Waals surface area contributed by atoms with Gasteiger partial charge in [-0.2, -0.15) is 14.8 Å². The largest absolute Gasteiger partial charge is 0.497 e. The van der Waals surface area contributed by atoms with Crippen molar-refractivity contribution >= 4 is 33.7 Å². The molecule has 1 N–H and O–H groups in total. The summed E-state index contributed by atoms with van der Waals surface area (Å²) in [7, 11) is 1.60. The molecule has 158 valence electrons. The van der Waals surface area contributed by atoms with E-state index in [9.17, 15) is 9.65 Å². The van der Waals surface area contributed by atoms with Gasteiger partial charge in [0, 0.05) is 5.56 Å². The summed E-state index contributed by atoms with van der Waals surface area (Å²) in [5.74, 6) is 0.364. The Balaban J connectivity index is 1.88. The summed E-state index contributed by atoms with van der Waals surface area (Å²) in [6.45, 7) is 0. The van der Waals surface area contributed by atoms with Gasteiger partial charge >= 0.3 is 0 Å². The summed E-state index contributed by atoms with van der Waals surface area (Å²) in [4.78, 5) is 0. The predicted octanol–water partition coefficient (Wildman–Crippen LogP) is 6.60. The summed E-state index contributed by atoms with van der Waals surface area (Å²) in [6, 6.07) is 21.3. The zero-order valence-corrected chi connectivity index (χ0v) is 18.1. The predicted molar refractivity (Wildman–Crippen MR) is 124 cm³/mol. The number of hydrogen-bond acceptors (Lipinski definition) is 3. The fraction of sp³-hybridized carbons (Fsp3) is 0.154. The fourth-order valence-corrected chi connectivity index (χ4v) is 4.50. The minimum absolute atomic E-state index is 0.203. The Bertz CT molecular complexity index is 1400. The summed E-state index contributed by atoms with van der Waals surface area (Å²) in [5.41, 5.74) is 5.13. The Morgan fingerprint density at radius 3 is 2.53 bits per heavy atom. The molecular formula is C26H19ClFN3O. The van der Waals surface area contributed by atoms with Gasteiger partial charge in [0.1, 0.15) is 11.8 Å². The van der Waals surface area contributed by atoms with Crippen LogP contribution in [0, 0.1) is 23.2 Å². The summed E-state index contributed by atoms with van der Waals surface area (Å²) in [5, 5.41) is 17.2. The average molecular weight is 444 g/mol. The zero-order valence-electron chi connectivity index (χ0n) is 17.3. The number of aromatic amines is 1. The normalized spacial score (nSPS) is 14.2. The number of benzene rings is 3. The Morgan fingerprint density at radius 2 is 1.88 bits per heavy atom. The topological polar surface area (TPSA) is 61.7 Å². The fourth-order valence-electron chi connectivity index (χ4n) is 4.23. The number of H-pyrrole nitrogens is 1. The maximum atomic E-state index is 14.6. The van der Waals surface area contributed by atoms with E-state index >= 15 is 0 Å². The van der Waals surface area contributed by atoms with Gasteiger partial charge in [0.15, 0.2) is 0 Å². The highest BCUT2D eigenvalue weighted by Crippen LogP contribution is 2.50. The molecule has 0 atom stereocenters. The minimum atomic E-state index is -0.610. The summed E-state index contributed by atoms with van der Waals surface area (Å²) >= 11 is 6.72. The molecule has 0 spiro atoms. The van der Waals surface area contributed by atoms with Crippen molar-refractivity contribution < 1.29 is 9.13 Å². The van der Waals surface area contributed by atoms with Crippen LogP contribution in [0.1, 0.15) is 35.1 Å². The molecule has 0 bridgehead atoms. The molecule has 1 fully saturated rings. The van der Waals surface area contributed by atoms with E-state index in [0.717, 1.165) is 35.1 Å². The van der Waals surface area contributed by atoms with Crippen LogP contribution >= 0.6 is 11.6 Å². The van der Waals surface area contributed by atoms with Crippen LogP contribution < -0.4 is 4.74 Å². The van der Waals surface area contributed by atoms with E-state index in [1.54, 1.807) is 19.2 Å². The third-order valence-corrected chi connectivity index (χ3v) is 6.16. The number of methoxy groups -OCH3 is 1. The maximum absolute atomic E-state index is 14.6. The van der Waals surface area contributed by atoms with Gasteiger partial charge in [0.05, 0.1) is 28.6 Å². The van der Waals surface area contributed by atoms with Crippen molar-refractivity contribution in [3.8, 4) is 11.8 Å². The molecule has 32 heavy (non-hydrogen) atoms. The van der Waals surface area contributed by atoms with Crippen molar-refractivity contribution in [1.82, 2.24) is 10.2 Å². The average Bonchev–Trinajstić information content (AvgIpc) is 3.60. The van der Waals surface area contributed by atoms with Crippen LogP contribution in [0.2, 0.25) is 5.02 Å². The molecule has 4 nitrogen and oxygen atoms in total. The first-order valence-electron chi connectivity index (χ1n) is 10.3. The first kappa shape index (κ1) is 20.3. The molecule has 1 aromatic heterocycles. The third-order valence-electron chi connectivity index (χ3n) is 5.84. The number of ether oxygens (including phenoxy) is 1. The molecular weight excluding hydrogens is 425 g/mol. The molecule has 5 rings (SSSR count). The number of halogens is 2. The highest BCUT2D eigenvalue weighted by Gasteiger charge is 2.33. The van der Waals surface area contributed by atoms with Gasteiger partial charge in [-0.3, -0.25) is 5.10 Å². The lowest BCUT2D eigenvalue weighted by Crippen LogP contribution is -2.01. The molecule has 0 unspecified atom stereocenters. The Hall–Kier alpha value is -3.62. The van der Waals surface area contributed by atoms with E-state index < -0.39 is 5.95 Å². The standard InChI is InChI=1S/C26H19ClFN3O/c1-32-17-9-10-19(21(27)13-17)24(16-7-8-16)23(15-5-3-2-4-6-15)18-11-12-22-25(20(18)14-29)26(28)31-30-22/h2-6,9-13,16H,7-8H2,1H3,(H,30,31)/b24-23+. The highest BCUT2D eigenvalue weighted by molar-refractivity contribution is 6.33. The van der Waals surface area contributed by atoms with E-state index in [4.69, 9.17) is 16.3 Å². The lowest BCUT2D eigenvalue weighted by Gasteiger charge is -2.19. The second-order valence-electron chi connectivity index (χ2n) is 7.81. The van der Waals surface area contributed by atoms with Crippen molar-refractivity contribution in [2.24, 2.45) is 5.92 Å². The first-order chi connectivity index (χ1) is 15.6. The summed E-state index contributed by atoms with van der Waals surface area (Å²) < 4.78 is 19.9. The molecule has 1 heterocycles. The van der Waals surface area contributed by atoms with Crippen molar-refractivity contribution in [1.29, 1.82) is 5.26 Å². The van der Waals surface area contributed by atoms with Crippen LogP contribution in [-0.4, -0.2) is 17.3 Å². The molecule has 1 aliphatic carbocycles. The van der Waals surface area contributed by atoms with E-state index in [1.165, 1.54) is 0 Å². The molecule has 0 aliphatic heterocycles. The lowest BCUT2D eigenvalue weighted by atomic mass is 9.84. The second kappa shape index (κ2) is 8.14. The number of fused-ring (bicyclic) bond motifs is 1. The van der Waals surface area contributed by atoms with E-state index in [0.29, 0.717) is 27.8 Å². The van der Waals surface area contributed by atoms with E-state index in [1.807, 2.05) is 48.5 Å². The summed E-state index contributed by atoms with van der Waals surface area (Å²) in [6.07, 6.45) is 2.05. The number of nitriles is 1. The van der Waals surface area contributed by atoms with Crippen LogP contribution in [0.25, 0.3) is 22.0 Å². The Kier molecular flexibility index (Phi) is 5.16.